The predicted octanol–water partition coefficient (Wildman–Crippen LogP) is 0.730. The molecule has 1 heterocycles. The summed E-state index contributed by atoms with van der Waals surface area (Å²) in [6.45, 7) is 1.70. The molecule has 1 atom stereocenters. The second kappa shape index (κ2) is 4.27. The van der Waals surface area contributed by atoms with Crippen molar-refractivity contribution in [3.05, 3.63) is 11.9 Å². The van der Waals surface area contributed by atoms with Crippen LogP contribution in [0.5, 0.6) is 0 Å². The van der Waals surface area contributed by atoms with Gasteiger partial charge in [-0.1, -0.05) is 28.1 Å². The number of alkyl halides is 1. The number of rotatable bonds is 4. The highest BCUT2D eigenvalue weighted by Gasteiger charge is 2.24. The molecule has 70 valence electrons. The van der Waals surface area contributed by atoms with Crippen LogP contribution in [0.2, 0.25) is 0 Å². The topological polar surface area (TPSA) is 75.7 Å². The van der Waals surface area contributed by atoms with E-state index in [-0.39, 0.29) is 17.3 Å². The maximum absolute atomic E-state index is 11.4. The van der Waals surface area contributed by atoms with Crippen LogP contribution >= 0.6 is 15.9 Å². The Kier molecular flexibility index (Phi) is 3.30. The van der Waals surface area contributed by atoms with Gasteiger partial charge in [-0.25, -0.2) is 0 Å². The van der Waals surface area contributed by atoms with Crippen molar-refractivity contribution in [2.75, 3.05) is 0 Å². The third-order valence-electron chi connectivity index (χ3n) is 1.53. The van der Waals surface area contributed by atoms with E-state index in [4.69, 9.17) is 0 Å². The number of H-pyrrole nitrogens is 1. The molecular formula is C7H8BrN3O2. The van der Waals surface area contributed by atoms with Crippen molar-refractivity contribution < 1.29 is 9.59 Å². The van der Waals surface area contributed by atoms with Crippen molar-refractivity contribution in [2.45, 2.75) is 18.2 Å². The van der Waals surface area contributed by atoms with Crippen LogP contribution in [0.1, 0.15) is 23.8 Å². The lowest BCUT2D eigenvalue weighted by atomic mass is 10.1. The van der Waals surface area contributed by atoms with E-state index in [9.17, 15) is 9.59 Å². The van der Waals surface area contributed by atoms with Crippen molar-refractivity contribution in [1.29, 1.82) is 0 Å². The van der Waals surface area contributed by atoms with Crippen LogP contribution in [0.4, 0.5) is 0 Å². The summed E-state index contributed by atoms with van der Waals surface area (Å²) in [5.41, 5.74) is 0.170. The van der Waals surface area contributed by atoms with Crippen molar-refractivity contribution in [3.8, 4) is 0 Å². The molecule has 5 nitrogen and oxygen atoms in total. The van der Waals surface area contributed by atoms with Gasteiger partial charge < -0.3 is 0 Å². The van der Waals surface area contributed by atoms with E-state index in [1.807, 2.05) is 0 Å². The number of halogens is 1. The van der Waals surface area contributed by atoms with Gasteiger partial charge in [0, 0.05) is 6.42 Å². The summed E-state index contributed by atoms with van der Waals surface area (Å²) in [5, 5.41) is 9.31. The van der Waals surface area contributed by atoms with Gasteiger partial charge >= 0.3 is 0 Å². The molecule has 0 aromatic carbocycles. The van der Waals surface area contributed by atoms with E-state index in [1.54, 1.807) is 6.92 Å². The Morgan fingerprint density at radius 2 is 2.38 bits per heavy atom. The highest BCUT2D eigenvalue weighted by Crippen LogP contribution is 2.09. The zero-order valence-corrected chi connectivity index (χ0v) is 8.54. The molecule has 1 N–H and O–H groups in total. The molecule has 0 aliphatic heterocycles. The monoisotopic (exact) mass is 245 g/mol. The van der Waals surface area contributed by atoms with E-state index >= 15 is 0 Å². The average molecular weight is 246 g/mol. The number of aromatic amines is 1. The maximum atomic E-state index is 11.4. The molecule has 0 bridgehead atoms. The summed E-state index contributed by atoms with van der Waals surface area (Å²) < 4.78 is 0. The van der Waals surface area contributed by atoms with Gasteiger partial charge in [0.05, 0.1) is 6.20 Å². The molecule has 0 amide bonds. The van der Waals surface area contributed by atoms with E-state index in [2.05, 4.69) is 31.3 Å². The quantitative estimate of drug-likeness (QED) is 0.482. The largest absolute Gasteiger partial charge is 0.298 e. The Bertz CT molecular complexity index is 310. The van der Waals surface area contributed by atoms with Crippen molar-refractivity contribution >= 4 is 27.5 Å². The molecule has 0 spiro atoms. The zero-order chi connectivity index (χ0) is 9.84. The van der Waals surface area contributed by atoms with Crippen LogP contribution in [0.15, 0.2) is 6.20 Å². The van der Waals surface area contributed by atoms with Crippen LogP contribution in [-0.4, -0.2) is 31.8 Å². The lowest BCUT2D eigenvalue weighted by Gasteiger charge is -2.02. The maximum Gasteiger partial charge on any atom is 0.205 e. The van der Waals surface area contributed by atoms with E-state index < -0.39 is 4.83 Å². The number of carbonyl (C=O) groups excluding carboxylic acids is 2. The van der Waals surface area contributed by atoms with Gasteiger partial charge in [-0.15, -0.1) is 5.10 Å². The van der Waals surface area contributed by atoms with Crippen LogP contribution in [0.25, 0.3) is 0 Å². The Balaban J connectivity index is 2.74. The number of hydrogen-bond acceptors (Lipinski definition) is 4. The minimum atomic E-state index is -0.803. The fourth-order valence-electron chi connectivity index (χ4n) is 0.777. The summed E-state index contributed by atoms with van der Waals surface area (Å²) in [5.74, 6) is -0.520. The molecule has 0 radical (unpaired) electrons. The number of carbonyl (C=O) groups is 2. The summed E-state index contributed by atoms with van der Waals surface area (Å²) in [6.07, 6.45) is 1.68. The number of hydrogen-bond donors (Lipinski definition) is 1. The van der Waals surface area contributed by atoms with Gasteiger partial charge in [-0.2, -0.15) is 0 Å². The molecule has 0 saturated heterocycles. The Hall–Kier alpha value is -1.04. The lowest BCUT2D eigenvalue weighted by Crippen LogP contribution is -2.23. The lowest BCUT2D eigenvalue weighted by molar-refractivity contribution is -0.117. The molecule has 1 unspecified atom stereocenters. The first-order valence-electron chi connectivity index (χ1n) is 3.74. The SMILES string of the molecule is CCC(=O)C(Br)C(=O)c1c[nH]nn1. The number of nitrogens with zero attached hydrogens (tertiary/aromatic N) is 2. The molecule has 0 fully saturated rings. The minimum absolute atomic E-state index is 0.159. The second-order valence-electron chi connectivity index (χ2n) is 2.41. The standard InChI is InChI=1S/C7H8BrN3O2/c1-2-5(12)6(8)7(13)4-3-9-11-10-4/h3,6H,2H2,1H3,(H,9,10,11). The smallest absolute Gasteiger partial charge is 0.205 e. The van der Waals surface area contributed by atoms with Crippen LogP contribution in [-0.2, 0) is 4.79 Å². The summed E-state index contributed by atoms with van der Waals surface area (Å²) >= 11 is 3.01. The van der Waals surface area contributed by atoms with E-state index in [0.29, 0.717) is 6.42 Å². The van der Waals surface area contributed by atoms with Crippen LogP contribution in [0, 0.1) is 0 Å². The van der Waals surface area contributed by atoms with Gasteiger partial charge in [0.2, 0.25) is 5.78 Å². The van der Waals surface area contributed by atoms with Gasteiger partial charge in [-0.05, 0) is 0 Å². The third kappa shape index (κ3) is 2.21. The van der Waals surface area contributed by atoms with Gasteiger partial charge in [0.15, 0.2) is 5.78 Å². The molecule has 0 aliphatic carbocycles. The first-order valence-corrected chi connectivity index (χ1v) is 4.65. The zero-order valence-electron chi connectivity index (χ0n) is 6.95. The number of Topliss-reactive ketones (excluding diaryl/α,β-unsaturated/α-hetero) is 2. The van der Waals surface area contributed by atoms with Crippen LogP contribution in [0.3, 0.4) is 0 Å². The highest BCUT2D eigenvalue weighted by molar-refractivity contribution is 9.10. The molecule has 1 aromatic rings. The third-order valence-corrected chi connectivity index (χ3v) is 2.46. The van der Waals surface area contributed by atoms with Crippen molar-refractivity contribution in [1.82, 2.24) is 15.4 Å². The van der Waals surface area contributed by atoms with E-state index in [1.165, 1.54) is 6.20 Å². The number of ketones is 2. The summed E-state index contributed by atoms with van der Waals surface area (Å²) in [6, 6.07) is 0. The molecular weight excluding hydrogens is 238 g/mol. The highest BCUT2D eigenvalue weighted by atomic mass is 79.9. The predicted molar refractivity (Wildman–Crippen MR) is 48.7 cm³/mol. The van der Waals surface area contributed by atoms with Crippen molar-refractivity contribution in [2.24, 2.45) is 0 Å². The molecule has 13 heavy (non-hydrogen) atoms. The van der Waals surface area contributed by atoms with Gasteiger partial charge in [-0.3, -0.25) is 14.7 Å². The Labute approximate surface area is 83.0 Å². The summed E-state index contributed by atoms with van der Waals surface area (Å²) in [7, 11) is 0. The molecule has 6 heteroatoms. The Morgan fingerprint density at radius 1 is 1.69 bits per heavy atom. The first-order chi connectivity index (χ1) is 6.16. The van der Waals surface area contributed by atoms with E-state index in [0.717, 1.165) is 0 Å². The number of nitrogens with one attached hydrogen (secondary N) is 1. The number of aromatic nitrogens is 3. The fourth-order valence-corrected chi connectivity index (χ4v) is 1.34. The molecule has 1 aromatic heterocycles. The summed E-state index contributed by atoms with van der Waals surface area (Å²) in [4.78, 5) is 21.7. The normalized spacial score (nSPS) is 12.5. The molecule has 1 rings (SSSR count). The first kappa shape index (κ1) is 10.0. The molecule has 0 aliphatic rings. The van der Waals surface area contributed by atoms with Gasteiger partial charge in [0.1, 0.15) is 10.5 Å². The minimum Gasteiger partial charge on any atom is -0.298 e. The van der Waals surface area contributed by atoms with Gasteiger partial charge in [0.25, 0.3) is 0 Å². The molecule has 0 saturated carbocycles. The van der Waals surface area contributed by atoms with Crippen LogP contribution < -0.4 is 0 Å². The fraction of sp³-hybridized carbons (Fsp3) is 0.429. The Morgan fingerprint density at radius 3 is 2.85 bits per heavy atom. The van der Waals surface area contributed by atoms with Crippen molar-refractivity contribution in [3.63, 3.8) is 0 Å². The second-order valence-corrected chi connectivity index (χ2v) is 3.32. The average Bonchev–Trinajstić information content (AvgIpc) is 2.67.